The molecule has 0 atom stereocenters. The molecule has 1 N–H and O–H groups in total. The molecule has 1 aromatic heterocycles. The van der Waals surface area contributed by atoms with Gasteiger partial charge in [-0.05, 0) is 12.1 Å². The van der Waals surface area contributed by atoms with Crippen molar-refractivity contribution in [1.29, 1.82) is 0 Å². The third-order valence-electron chi connectivity index (χ3n) is 4.13. The average Bonchev–Trinajstić information content (AvgIpc) is 3.18. The summed E-state index contributed by atoms with van der Waals surface area (Å²) in [6.45, 7) is 0. The zero-order valence-electron chi connectivity index (χ0n) is 14.8. The van der Waals surface area contributed by atoms with Gasteiger partial charge in [-0.25, -0.2) is 4.98 Å². The second-order valence-electron chi connectivity index (χ2n) is 6.01. The van der Waals surface area contributed by atoms with Gasteiger partial charge in [-0.15, -0.1) is 11.8 Å². The van der Waals surface area contributed by atoms with Crippen LogP contribution in [0.25, 0.3) is 22.5 Å². The number of hydrogen-bond acceptors (Lipinski definition) is 3. The highest BCUT2D eigenvalue weighted by Crippen LogP contribution is 2.33. The molecule has 0 unspecified atom stereocenters. The number of nitrogens with zero attached hydrogens (tertiary/aromatic N) is 1. The summed E-state index contributed by atoms with van der Waals surface area (Å²) in [5.41, 5.74) is 4.40. The van der Waals surface area contributed by atoms with E-state index >= 15 is 0 Å². The van der Waals surface area contributed by atoms with Gasteiger partial charge >= 0.3 is 0 Å². The smallest absolute Gasteiger partial charge is 0.166 e. The summed E-state index contributed by atoms with van der Waals surface area (Å²) in [6, 6.07) is 31.3. The number of thioether (sulfide) groups is 2. The Balaban J connectivity index is 1.51. The Morgan fingerprint density at radius 2 is 1.19 bits per heavy atom. The van der Waals surface area contributed by atoms with Gasteiger partial charge in [0.2, 0.25) is 0 Å². The van der Waals surface area contributed by atoms with Crippen LogP contribution in [-0.2, 0) is 0 Å². The number of aromatic amines is 1. The zero-order valence-corrected chi connectivity index (χ0v) is 16.5. The molecule has 0 amide bonds. The predicted octanol–water partition coefficient (Wildman–Crippen LogP) is 6.63. The third-order valence-corrected chi connectivity index (χ3v) is 6.27. The molecule has 4 heteroatoms. The van der Waals surface area contributed by atoms with E-state index in [0.29, 0.717) is 0 Å². The minimum absolute atomic E-state index is 0.973. The highest BCUT2D eigenvalue weighted by Gasteiger charge is 2.14. The van der Waals surface area contributed by atoms with E-state index in [-0.39, 0.29) is 0 Å². The summed E-state index contributed by atoms with van der Waals surface area (Å²) in [4.78, 5) is 9.75. The lowest BCUT2D eigenvalue weighted by Crippen LogP contribution is -1.85. The van der Waals surface area contributed by atoms with Gasteiger partial charge in [-0.1, -0.05) is 90.6 Å². The SMILES string of the molecule is c1ccc(SCCSc2nc(-c3ccccc3)c(-c3ccccc3)[nH]2)cc1. The number of nitrogens with one attached hydrogen (secondary N) is 1. The molecular formula is C23H20N2S2. The molecule has 0 aliphatic heterocycles. The van der Waals surface area contributed by atoms with Crippen molar-refractivity contribution in [3.05, 3.63) is 91.0 Å². The van der Waals surface area contributed by atoms with Crippen LogP contribution in [0.15, 0.2) is 101 Å². The van der Waals surface area contributed by atoms with Crippen molar-refractivity contribution in [2.24, 2.45) is 0 Å². The first-order chi connectivity index (χ1) is 13.4. The summed E-state index contributed by atoms with van der Waals surface area (Å²) in [5, 5.41) is 0.973. The fourth-order valence-corrected chi connectivity index (χ4v) is 4.63. The summed E-state index contributed by atoms with van der Waals surface area (Å²) in [5.74, 6) is 2.06. The summed E-state index contributed by atoms with van der Waals surface area (Å²) >= 11 is 3.66. The number of imidazole rings is 1. The Morgan fingerprint density at radius 3 is 1.85 bits per heavy atom. The topological polar surface area (TPSA) is 28.7 Å². The lowest BCUT2D eigenvalue weighted by atomic mass is 10.1. The maximum absolute atomic E-state index is 4.90. The maximum atomic E-state index is 4.90. The number of benzene rings is 3. The van der Waals surface area contributed by atoms with Crippen LogP contribution in [0.5, 0.6) is 0 Å². The minimum Gasteiger partial charge on any atom is -0.332 e. The van der Waals surface area contributed by atoms with Crippen molar-refractivity contribution in [3.63, 3.8) is 0 Å². The normalized spacial score (nSPS) is 10.8. The Labute approximate surface area is 168 Å². The van der Waals surface area contributed by atoms with Crippen molar-refractivity contribution in [2.75, 3.05) is 11.5 Å². The van der Waals surface area contributed by atoms with Crippen LogP contribution >= 0.6 is 23.5 Å². The van der Waals surface area contributed by atoms with Crippen LogP contribution in [0.4, 0.5) is 0 Å². The molecular weight excluding hydrogens is 368 g/mol. The highest BCUT2D eigenvalue weighted by atomic mass is 32.2. The largest absolute Gasteiger partial charge is 0.332 e. The molecule has 3 aromatic carbocycles. The molecule has 2 nitrogen and oxygen atoms in total. The average molecular weight is 389 g/mol. The minimum atomic E-state index is 0.973. The van der Waals surface area contributed by atoms with E-state index in [0.717, 1.165) is 39.2 Å². The molecule has 27 heavy (non-hydrogen) atoms. The molecule has 4 aromatic rings. The van der Waals surface area contributed by atoms with E-state index in [9.17, 15) is 0 Å². The van der Waals surface area contributed by atoms with E-state index in [1.165, 1.54) is 4.90 Å². The van der Waals surface area contributed by atoms with Gasteiger partial charge in [-0.3, -0.25) is 0 Å². The van der Waals surface area contributed by atoms with Gasteiger partial charge < -0.3 is 4.98 Å². The standard InChI is InChI=1S/C23H20N2S2/c1-4-10-18(11-5-1)21-22(19-12-6-2-7-13-19)25-23(24-21)27-17-16-26-20-14-8-3-9-15-20/h1-15H,16-17H2,(H,24,25). The van der Waals surface area contributed by atoms with E-state index < -0.39 is 0 Å². The first kappa shape index (κ1) is 18.0. The number of aromatic nitrogens is 2. The molecule has 134 valence electrons. The molecule has 0 bridgehead atoms. The first-order valence-electron chi connectivity index (χ1n) is 8.91. The fraction of sp³-hybridized carbons (Fsp3) is 0.0870. The van der Waals surface area contributed by atoms with Crippen molar-refractivity contribution in [2.45, 2.75) is 10.1 Å². The van der Waals surface area contributed by atoms with Gasteiger partial charge in [0, 0.05) is 27.5 Å². The molecule has 4 rings (SSSR count). The Kier molecular flexibility index (Phi) is 5.97. The van der Waals surface area contributed by atoms with Crippen LogP contribution in [-0.4, -0.2) is 21.5 Å². The lowest BCUT2D eigenvalue weighted by molar-refractivity contribution is 1.06. The number of rotatable bonds is 7. The van der Waals surface area contributed by atoms with Crippen molar-refractivity contribution < 1.29 is 0 Å². The quantitative estimate of drug-likeness (QED) is 0.284. The van der Waals surface area contributed by atoms with E-state index in [1.54, 1.807) is 11.8 Å². The molecule has 0 aliphatic rings. The van der Waals surface area contributed by atoms with Crippen molar-refractivity contribution in [1.82, 2.24) is 9.97 Å². The highest BCUT2D eigenvalue weighted by molar-refractivity contribution is 8.02. The second-order valence-corrected chi connectivity index (χ2v) is 8.26. The lowest BCUT2D eigenvalue weighted by Gasteiger charge is -2.02. The zero-order chi connectivity index (χ0) is 18.3. The van der Waals surface area contributed by atoms with Crippen molar-refractivity contribution >= 4 is 23.5 Å². The Morgan fingerprint density at radius 1 is 0.630 bits per heavy atom. The summed E-state index contributed by atoms with van der Waals surface area (Å²) in [7, 11) is 0. The first-order valence-corrected chi connectivity index (χ1v) is 10.9. The molecule has 0 spiro atoms. The summed E-state index contributed by atoms with van der Waals surface area (Å²) < 4.78 is 0. The molecule has 0 radical (unpaired) electrons. The Bertz CT molecular complexity index is 910. The van der Waals surface area contributed by atoms with Crippen molar-refractivity contribution in [3.8, 4) is 22.5 Å². The fourth-order valence-electron chi connectivity index (χ4n) is 2.85. The van der Waals surface area contributed by atoms with Gasteiger partial charge in [0.25, 0.3) is 0 Å². The van der Waals surface area contributed by atoms with Gasteiger partial charge in [-0.2, -0.15) is 0 Å². The van der Waals surface area contributed by atoms with E-state index in [4.69, 9.17) is 4.98 Å². The van der Waals surface area contributed by atoms with Crippen LogP contribution in [0.2, 0.25) is 0 Å². The maximum Gasteiger partial charge on any atom is 0.166 e. The van der Waals surface area contributed by atoms with Gasteiger partial charge in [0.05, 0.1) is 11.4 Å². The number of hydrogen-bond donors (Lipinski definition) is 1. The predicted molar refractivity (Wildman–Crippen MR) is 117 cm³/mol. The van der Waals surface area contributed by atoms with Gasteiger partial charge in [0.15, 0.2) is 5.16 Å². The monoisotopic (exact) mass is 388 g/mol. The molecule has 0 fully saturated rings. The second kappa shape index (κ2) is 8.98. The third kappa shape index (κ3) is 4.65. The van der Waals surface area contributed by atoms with Crippen LogP contribution in [0.3, 0.4) is 0 Å². The molecule has 0 aliphatic carbocycles. The van der Waals surface area contributed by atoms with E-state index in [1.807, 2.05) is 23.9 Å². The number of H-pyrrole nitrogens is 1. The molecule has 0 saturated carbocycles. The van der Waals surface area contributed by atoms with Gasteiger partial charge in [0.1, 0.15) is 0 Å². The molecule has 1 heterocycles. The Hall–Kier alpha value is -2.43. The summed E-state index contributed by atoms with van der Waals surface area (Å²) in [6.07, 6.45) is 0. The van der Waals surface area contributed by atoms with Crippen LogP contribution in [0, 0.1) is 0 Å². The molecule has 0 saturated heterocycles. The van der Waals surface area contributed by atoms with Crippen LogP contribution in [0.1, 0.15) is 0 Å². The van der Waals surface area contributed by atoms with Crippen LogP contribution < -0.4 is 0 Å². The van der Waals surface area contributed by atoms with E-state index in [2.05, 4.69) is 83.8 Å².